The van der Waals surface area contributed by atoms with E-state index >= 15 is 0 Å². The van der Waals surface area contributed by atoms with Crippen molar-refractivity contribution in [3.63, 3.8) is 0 Å². The minimum atomic E-state index is -0.344. The summed E-state index contributed by atoms with van der Waals surface area (Å²) in [4.78, 5) is 31.6. The molecule has 0 radical (unpaired) electrons. The van der Waals surface area contributed by atoms with Crippen LogP contribution in [-0.2, 0) is 7.05 Å². The van der Waals surface area contributed by atoms with Gasteiger partial charge in [0, 0.05) is 57.1 Å². The topological polar surface area (TPSA) is 137 Å². The number of carbonyl (C=O) groups is 1. The maximum Gasteiger partial charge on any atom is 0.297 e. The number of carbonyl (C=O) groups excluding carboxylic acids is 1. The molecule has 1 fully saturated rings. The van der Waals surface area contributed by atoms with Gasteiger partial charge in [-0.2, -0.15) is 10.1 Å². The van der Waals surface area contributed by atoms with E-state index < -0.39 is 0 Å². The average Bonchev–Trinajstić information content (AvgIpc) is 3.49. The van der Waals surface area contributed by atoms with E-state index in [0.717, 1.165) is 25.2 Å². The van der Waals surface area contributed by atoms with E-state index in [1.807, 2.05) is 25.4 Å². The number of aromatic nitrogens is 5. The van der Waals surface area contributed by atoms with E-state index in [1.54, 1.807) is 23.0 Å². The Morgan fingerprint density at radius 3 is 2.83 bits per heavy atom. The van der Waals surface area contributed by atoms with Gasteiger partial charge in [0.15, 0.2) is 5.58 Å². The van der Waals surface area contributed by atoms with Crippen LogP contribution in [0.1, 0.15) is 17.3 Å². The minimum Gasteiger partial charge on any atom is -0.422 e. The smallest absolute Gasteiger partial charge is 0.297 e. The molecule has 1 aliphatic rings. The zero-order valence-corrected chi connectivity index (χ0v) is 20.5. The van der Waals surface area contributed by atoms with Crippen LogP contribution in [0.4, 0.5) is 17.7 Å². The van der Waals surface area contributed by atoms with Crippen LogP contribution in [0, 0.1) is 0 Å². The Morgan fingerprint density at radius 2 is 2.08 bits per heavy atom. The quantitative estimate of drug-likeness (QED) is 0.351. The zero-order valence-electron chi connectivity index (χ0n) is 20.5. The molecule has 4 aromatic rings. The summed E-state index contributed by atoms with van der Waals surface area (Å²) in [5.74, 6) is 0.621. The minimum absolute atomic E-state index is 0.0602. The van der Waals surface area contributed by atoms with Crippen molar-refractivity contribution >= 4 is 34.8 Å². The molecule has 4 aromatic heterocycles. The monoisotopic (exact) mass is 491 g/mol. The van der Waals surface area contributed by atoms with Crippen LogP contribution < -0.4 is 15.5 Å². The van der Waals surface area contributed by atoms with E-state index in [0.29, 0.717) is 46.7 Å². The van der Waals surface area contributed by atoms with E-state index in [-0.39, 0.29) is 18.5 Å². The number of aryl methyl sites for hydroxylation is 1. The summed E-state index contributed by atoms with van der Waals surface area (Å²) in [5.41, 5.74) is 2.71. The third-order valence-electron chi connectivity index (χ3n) is 6.25. The zero-order chi connectivity index (χ0) is 25.2. The Bertz CT molecular complexity index is 1380. The van der Waals surface area contributed by atoms with Crippen LogP contribution in [-0.4, -0.2) is 86.5 Å². The number of aliphatic hydroxyl groups is 1. The molecule has 3 N–H and O–H groups in total. The fraction of sp³-hybridized carbons (Fsp3) is 0.375. The van der Waals surface area contributed by atoms with Crippen molar-refractivity contribution < 1.29 is 14.3 Å². The number of hydrogen-bond donors (Lipinski definition) is 3. The van der Waals surface area contributed by atoms with E-state index in [9.17, 15) is 4.79 Å². The summed E-state index contributed by atoms with van der Waals surface area (Å²) < 4.78 is 7.45. The fourth-order valence-electron chi connectivity index (χ4n) is 4.14. The first-order valence-corrected chi connectivity index (χ1v) is 11.8. The van der Waals surface area contributed by atoms with Crippen molar-refractivity contribution in [2.45, 2.75) is 13.0 Å². The van der Waals surface area contributed by atoms with Gasteiger partial charge in [-0.3, -0.25) is 9.48 Å². The van der Waals surface area contributed by atoms with Gasteiger partial charge in [0.2, 0.25) is 5.65 Å². The Labute approximate surface area is 208 Å². The number of aliphatic hydroxyl groups excluding tert-OH is 1. The second-order valence-corrected chi connectivity index (χ2v) is 8.89. The number of oxazole rings is 1. The van der Waals surface area contributed by atoms with Gasteiger partial charge in [0.25, 0.3) is 11.9 Å². The molecule has 1 amide bonds. The van der Waals surface area contributed by atoms with Crippen molar-refractivity contribution in [1.29, 1.82) is 0 Å². The summed E-state index contributed by atoms with van der Waals surface area (Å²) in [6.07, 6.45) is 3.59. The Hall–Kier alpha value is -4.03. The van der Waals surface area contributed by atoms with Crippen molar-refractivity contribution in [3.8, 4) is 11.3 Å². The second kappa shape index (κ2) is 9.91. The van der Waals surface area contributed by atoms with E-state index in [2.05, 4.69) is 49.5 Å². The van der Waals surface area contributed by atoms with Crippen molar-refractivity contribution in [3.05, 3.63) is 42.2 Å². The van der Waals surface area contributed by atoms with Crippen molar-refractivity contribution in [2.75, 3.05) is 55.4 Å². The number of rotatable bonds is 7. The molecule has 1 aliphatic heterocycles. The largest absolute Gasteiger partial charge is 0.422 e. The fourth-order valence-corrected chi connectivity index (χ4v) is 4.14. The molecule has 5 rings (SSSR count). The molecule has 0 spiro atoms. The lowest BCUT2D eigenvalue weighted by atomic mass is 10.1. The molecule has 0 saturated carbocycles. The molecule has 0 aromatic carbocycles. The first-order chi connectivity index (χ1) is 17.4. The first kappa shape index (κ1) is 23.7. The van der Waals surface area contributed by atoms with E-state index in [1.165, 1.54) is 0 Å². The molecule has 188 valence electrons. The summed E-state index contributed by atoms with van der Waals surface area (Å²) in [6.45, 7) is 4.67. The van der Waals surface area contributed by atoms with Crippen molar-refractivity contribution in [1.82, 2.24) is 29.6 Å². The van der Waals surface area contributed by atoms with Crippen LogP contribution in [0.5, 0.6) is 0 Å². The van der Waals surface area contributed by atoms with Gasteiger partial charge in [0.05, 0.1) is 24.1 Å². The highest BCUT2D eigenvalue weighted by atomic mass is 16.4. The van der Waals surface area contributed by atoms with Gasteiger partial charge in [-0.05, 0) is 26.1 Å². The van der Waals surface area contributed by atoms with Gasteiger partial charge in [-0.25, -0.2) is 9.97 Å². The Balaban J connectivity index is 1.48. The molecule has 0 bridgehead atoms. The van der Waals surface area contributed by atoms with Crippen LogP contribution in [0.25, 0.3) is 22.5 Å². The number of nitrogens with zero attached hydrogens (tertiary/aromatic N) is 7. The highest BCUT2D eigenvalue weighted by Crippen LogP contribution is 2.28. The molecular formula is C24H29N9O3. The molecule has 0 aliphatic carbocycles. The van der Waals surface area contributed by atoms with Crippen LogP contribution in [0.3, 0.4) is 0 Å². The predicted molar refractivity (Wildman–Crippen MR) is 136 cm³/mol. The van der Waals surface area contributed by atoms with Gasteiger partial charge in [-0.15, -0.1) is 0 Å². The summed E-state index contributed by atoms with van der Waals surface area (Å²) in [7, 11) is 3.93. The maximum absolute atomic E-state index is 13.5. The summed E-state index contributed by atoms with van der Waals surface area (Å²) >= 11 is 0. The Kier molecular flexibility index (Phi) is 6.53. The maximum atomic E-state index is 13.5. The SMILES string of the molecule is CC1CN(c2nc3nc(NCCO)oc3cc2C(=O)Nc2cccc(-c3cnn(C)c3)n2)CCN1C. The van der Waals surface area contributed by atoms with Gasteiger partial charge in [0.1, 0.15) is 11.6 Å². The highest BCUT2D eigenvalue weighted by molar-refractivity contribution is 6.08. The van der Waals surface area contributed by atoms with Gasteiger partial charge >= 0.3 is 0 Å². The number of piperazine rings is 1. The van der Waals surface area contributed by atoms with Crippen LogP contribution >= 0.6 is 0 Å². The van der Waals surface area contributed by atoms with Gasteiger partial charge < -0.3 is 30.0 Å². The molecule has 1 unspecified atom stereocenters. The average molecular weight is 492 g/mol. The predicted octanol–water partition coefficient (Wildman–Crippen LogP) is 1.82. The molecule has 1 atom stereocenters. The number of likely N-dealkylation sites (N-methyl/N-ethyl adjacent to an activating group) is 1. The highest BCUT2D eigenvalue weighted by Gasteiger charge is 2.27. The molecule has 1 saturated heterocycles. The lowest BCUT2D eigenvalue weighted by Gasteiger charge is -2.38. The number of amides is 1. The summed E-state index contributed by atoms with van der Waals surface area (Å²) in [6, 6.07) is 7.65. The lowest BCUT2D eigenvalue weighted by molar-refractivity contribution is 0.102. The third kappa shape index (κ3) is 4.86. The third-order valence-corrected chi connectivity index (χ3v) is 6.25. The standard InChI is InChI=1S/C24H29N9O3/c1-15-13-33(9-8-31(15)2)22-17(11-19-21(29-22)30-24(36-19)25-7-10-34)23(35)28-20-6-4-5-18(27-20)16-12-26-32(3)14-16/h4-6,11-12,14-15,34H,7-10,13H2,1-3H3,(H,25,29,30)(H,27,28,35). The number of pyridine rings is 2. The number of hydrogen-bond acceptors (Lipinski definition) is 10. The number of fused-ring (bicyclic) bond motifs is 1. The van der Waals surface area contributed by atoms with Gasteiger partial charge in [-0.1, -0.05) is 6.07 Å². The Morgan fingerprint density at radius 1 is 1.22 bits per heavy atom. The van der Waals surface area contributed by atoms with Crippen LogP contribution in [0.15, 0.2) is 41.1 Å². The molecule has 36 heavy (non-hydrogen) atoms. The molecular weight excluding hydrogens is 462 g/mol. The normalized spacial score (nSPS) is 16.4. The van der Waals surface area contributed by atoms with Crippen molar-refractivity contribution in [2.24, 2.45) is 7.05 Å². The molecule has 5 heterocycles. The first-order valence-electron chi connectivity index (χ1n) is 11.8. The summed E-state index contributed by atoms with van der Waals surface area (Å²) in [5, 5.41) is 19.1. The van der Waals surface area contributed by atoms with E-state index in [4.69, 9.17) is 14.5 Å². The number of anilines is 3. The van der Waals surface area contributed by atoms with Crippen LogP contribution in [0.2, 0.25) is 0 Å². The second-order valence-electron chi connectivity index (χ2n) is 8.89. The number of nitrogens with one attached hydrogen (secondary N) is 2. The molecule has 12 nitrogen and oxygen atoms in total. The lowest BCUT2D eigenvalue weighted by Crippen LogP contribution is -2.50. The molecule has 12 heteroatoms.